The lowest BCUT2D eigenvalue weighted by molar-refractivity contribution is 0.122. The van der Waals surface area contributed by atoms with Crippen molar-refractivity contribution in [2.24, 2.45) is 0 Å². The summed E-state index contributed by atoms with van der Waals surface area (Å²) in [7, 11) is 0. The van der Waals surface area contributed by atoms with Gasteiger partial charge in [0.05, 0.1) is 24.3 Å². The number of para-hydroxylation sites is 1. The van der Waals surface area contributed by atoms with Crippen LogP contribution in [0.5, 0.6) is 5.75 Å². The van der Waals surface area contributed by atoms with E-state index in [2.05, 4.69) is 30.0 Å². The van der Waals surface area contributed by atoms with Crippen LogP contribution in [0.25, 0.3) is 22.3 Å². The number of fused-ring (bicyclic) bond motifs is 1. The topological polar surface area (TPSA) is 58.5 Å². The molecule has 1 saturated heterocycles. The van der Waals surface area contributed by atoms with Crippen molar-refractivity contribution >= 4 is 16.7 Å². The molecular formula is C19H19N3O2. The fourth-order valence-corrected chi connectivity index (χ4v) is 3.02. The Morgan fingerprint density at radius 1 is 1.04 bits per heavy atom. The molecule has 1 aliphatic rings. The van der Waals surface area contributed by atoms with E-state index in [0.717, 1.165) is 35.4 Å². The van der Waals surface area contributed by atoms with Gasteiger partial charge in [-0.05, 0) is 36.8 Å². The Kier molecular flexibility index (Phi) is 3.78. The lowest BCUT2D eigenvalue weighted by Crippen LogP contribution is -2.37. The number of benzene rings is 2. The molecule has 0 bridgehead atoms. The van der Waals surface area contributed by atoms with Crippen LogP contribution in [0.3, 0.4) is 0 Å². The Bertz CT molecular complexity index is 889. The number of aryl methyl sites for hydroxylation is 1. The maximum Gasteiger partial charge on any atom is 0.165 e. The minimum atomic E-state index is 0.192. The van der Waals surface area contributed by atoms with Crippen LogP contribution in [-0.4, -0.2) is 41.4 Å². The van der Waals surface area contributed by atoms with Gasteiger partial charge in [-0.1, -0.05) is 18.2 Å². The molecule has 2 aromatic carbocycles. The second-order valence-corrected chi connectivity index (χ2v) is 6.01. The monoisotopic (exact) mass is 321 g/mol. The maximum absolute atomic E-state index is 10.2. The molecule has 0 radical (unpaired) electrons. The van der Waals surface area contributed by atoms with Gasteiger partial charge in [-0.25, -0.2) is 9.97 Å². The van der Waals surface area contributed by atoms with Gasteiger partial charge in [0, 0.05) is 18.5 Å². The summed E-state index contributed by atoms with van der Waals surface area (Å²) >= 11 is 0. The highest BCUT2D eigenvalue weighted by molar-refractivity contribution is 5.91. The van der Waals surface area contributed by atoms with Crippen molar-refractivity contribution in [3.05, 3.63) is 48.0 Å². The van der Waals surface area contributed by atoms with Crippen LogP contribution in [0.15, 0.2) is 42.5 Å². The molecule has 0 saturated carbocycles. The Hall–Kier alpha value is -2.66. The first-order valence-electron chi connectivity index (χ1n) is 8.12. The molecular weight excluding hydrogens is 302 g/mol. The molecule has 24 heavy (non-hydrogen) atoms. The Morgan fingerprint density at radius 2 is 1.83 bits per heavy atom. The standard InChI is InChI=1S/C19H19N3O2/c1-13-6-7-14-16(12-13)20-18(15-4-2-3-5-17(15)23)21-19(14)22-8-10-24-11-9-22/h2-7,12,23H,8-11H2,1H3. The summed E-state index contributed by atoms with van der Waals surface area (Å²) in [5.41, 5.74) is 2.69. The van der Waals surface area contributed by atoms with E-state index in [1.807, 2.05) is 12.1 Å². The van der Waals surface area contributed by atoms with Gasteiger partial charge < -0.3 is 14.7 Å². The number of phenols is 1. The molecule has 1 fully saturated rings. The number of anilines is 1. The van der Waals surface area contributed by atoms with Gasteiger partial charge in [0.15, 0.2) is 5.82 Å². The third kappa shape index (κ3) is 2.67. The molecule has 3 aromatic rings. The predicted octanol–water partition coefficient (Wildman–Crippen LogP) is 3.15. The lowest BCUT2D eigenvalue weighted by atomic mass is 10.1. The molecule has 1 N–H and O–H groups in total. The van der Waals surface area contributed by atoms with Gasteiger partial charge >= 0.3 is 0 Å². The van der Waals surface area contributed by atoms with E-state index in [1.54, 1.807) is 12.1 Å². The van der Waals surface area contributed by atoms with E-state index in [9.17, 15) is 5.11 Å². The zero-order valence-corrected chi connectivity index (χ0v) is 13.6. The quantitative estimate of drug-likeness (QED) is 0.786. The van der Waals surface area contributed by atoms with E-state index in [0.29, 0.717) is 24.6 Å². The molecule has 1 aliphatic heterocycles. The predicted molar refractivity (Wildman–Crippen MR) is 94.4 cm³/mol. The number of hydrogen-bond acceptors (Lipinski definition) is 5. The summed E-state index contributed by atoms with van der Waals surface area (Å²) in [6.45, 7) is 5.06. The molecule has 1 aromatic heterocycles. The van der Waals surface area contributed by atoms with Crippen LogP contribution in [0.2, 0.25) is 0 Å². The van der Waals surface area contributed by atoms with E-state index in [1.165, 1.54) is 0 Å². The van der Waals surface area contributed by atoms with Gasteiger partial charge in [-0.15, -0.1) is 0 Å². The SMILES string of the molecule is Cc1ccc2c(N3CCOCC3)nc(-c3ccccc3O)nc2c1. The Labute approximate surface area is 140 Å². The molecule has 0 aliphatic carbocycles. The molecule has 5 heteroatoms. The summed E-state index contributed by atoms with van der Waals surface area (Å²) in [6.07, 6.45) is 0. The van der Waals surface area contributed by atoms with Crippen LogP contribution in [-0.2, 0) is 4.74 Å². The molecule has 2 heterocycles. The summed E-state index contributed by atoms with van der Waals surface area (Å²) in [5, 5.41) is 11.2. The highest BCUT2D eigenvalue weighted by atomic mass is 16.5. The van der Waals surface area contributed by atoms with Crippen LogP contribution in [0, 0.1) is 6.92 Å². The maximum atomic E-state index is 10.2. The average Bonchev–Trinajstić information content (AvgIpc) is 2.61. The fourth-order valence-electron chi connectivity index (χ4n) is 3.02. The number of aromatic hydroxyl groups is 1. The normalized spacial score (nSPS) is 15.0. The summed E-state index contributed by atoms with van der Waals surface area (Å²) in [6, 6.07) is 13.4. The third-order valence-electron chi connectivity index (χ3n) is 4.29. The van der Waals surface area contributed by atoms with Gasteiger partial charge in [0.25, 0.3) is 0 Å². The highest BCUT2D eigenvalue weighted by Gasteiger charge is 2.18. The molecule has 0 atom stereocenters. The number of phenolic OH excluding ortho intramolecular Hbond substituents is 1. The number of hydrogen-bond donors (Lipinski definition) is 1. The van der Waals surface area contributed by atoms with E-state index in [-0.39, 0.29) is 5.75 Å². The zero-order chi connectivity index (χ0) is 16.5. The molecule has 0 unspecified atom stereocenters. The summed E-state index contributed by atoms with van der Waals surface area (Å²) < 4.78 is 5.46. The van der Waals surface area contributed by atoms with Crippen molar-refractivity contribution in [2.45, 2.75) is 6.92 Å². The van der Waals surface area contributed by atoms with Crippen molar-refractivity contribution in [1.82, 2.24) is 9.97 Å². The van der Waals surface area contributed by atoms with Gasteiger partial charge in [0.1, 0.15) is 11.6 Å². The number of morpholine rings is 1. The van der Waals surface area contributed by atoms with E-state index in [4.69, 9.17) is 14.7 Å². The number of aromatic nitrogens is 2. The minimum Gasteiger partial charge on any atom is -0.507 e. The number of rotatable bonds is 2. The van der Waals surface area contributed by atoms with Crippen molar-refractivity contribution in [1.29, 1.82) is 0 Å². The minimum absolute atomic E-state index is 0.192. The van der Waals surface area contributed by atoms with Crippen molar-refractivity contribution in [3.63, 3.8) is 0 Å². The number of ether oxygens (including phenoxy) is 1. The second kappa shape index (κ2) is 6.09. The van der Waals surface area contributed by atoms with Crippen molar-refractivity contribution < 1.29 is 9.84 Å². The third-order valence-corrected chi connectivity index (χ3v) is 4.29. The first kappa shape index (κ1) is 14.9. The second-order valence-electron chi connectivity index (χ2n) is 6.01. The first-order chi connectivity index (χ1) is 11.7. The molecule has 5 nitrogen and oxygen atoms in total. The van der Waals surface area contributed by atoms with Crippen LogP contribution >= 0.6 is 0 Å². The molecule has 122 valence electrons. The van der Waals surface area contributed by atoms with Crippen molar-refractivity contribution in [2.75, 3.05) is 31.2 Å². The zero-order valence-electron chi connectivity index (χ0n) is 13.6. The Morgan fingerprint density at radius 3 is 2.62 bits per heavy atom. The van der Waals surface area contributed by atoms with Gasteiger partial charge in [-0.3, -0.25) is 0 Å². The highest BCUT2D eigenvalue weighted by Crippen LogP contribution is 2.32. The smallest absolute Gasteiger partial charge is 0.165 e. The molecule has 4 rings (SSSR count). The summed E-state index contributed by atoms with van der Waals surface area (Å²) in [5.74, 6) is 1.65. The van der Waals surface area contributed by atoms with Crippen LogP contribution in [0.1, 0.15) is 5.56 Å². The van der Waals surface area contributed by atoms with Crippen molar-refractivity contribution in [3.8, 4) is 17.1 Å². The fraction of sp³-hybridized carbons (Fsp3) is 0.263. The number of nitrogens with zero attached hydrogens (tertiary/aromatic N) is 3. The van der Waals surface area contributed by atoms with E-state index < -0.39 is 0 Å². The van der Waals surface area contributed by atoms with E-state index >= 15 is 0 Å². The molecule has 0 spiro atoms. The average molecular weight is 321 g/mol. The van der Waals surface area contributed by atoms with Crippen LogP contribution in [0.4, 0.5) is 5.82 Å². The largest absolute Gasteiger partial charge is 0.507 e. The van der Waals surface area contributed by atoms with Gasteiger partial charge in [0.2, 0.25) is 0 Å². The summed E-state index contributed by atoms with van der Waals surface area (Å²) in [4.78, 5) is 11.7. The molecule has 0 amide bonds. The Balaban J connectivity index is 1.93. The van der Waals surface area contributed by atoms with Crippen LogP contribution < -0.4 is 4.90 Å². The first-order valence-corrected chi connectivity index (χ1v) is 8.12. The lowest BCUT2D eigenvalue weighted by Gasteiger charge is -2.29. The van der Waals surface area contributed by atoms with Gasteiger partial charge in [-0.2, -0.15) is 0 Å².